The van der Waals surface area contributed by atoms with Crippen LogP contribution in [0.1, 0.15) is 42.2 Å². The van der Waals surface area contributed by atoms with Crippen molar-refractivity contribution in [2.75, 3.05) is 6.54 Å². The average molecular weight is 244 g/mol. The molecule has 1 heterocycles. The zero-order valence-electron chi connectivity index (χ0n) is 11.0. The Hall–Kier alpha value is -1.77. The number of aromatic amines is 1. The number of carbonyl (C=O) groups excluding carboxylic acids is 1. The van der Waals surface area contributed by atoms with Crippen molar-refractivity contribution in [3.8, 4) is 0 Å². The summed E-state index contributed by atoms with van der Waals surface area (Å²) in [7, 11) is 0. The molecule has 0 aliphatic heterocycles. The Labute approximate surface area is 108 Å². The van der Waals surface area contributed by atoms with Crippen LogP contribution in [0.4, 0.5) is 0 Å². The second-order valence-corrected chi connectivity index (χ2v) is 4.72. The van der Waals surface area contributed by atoms with E-state index in [1.54, 1.807) is 0 Å². The Balaban J connectivity index is 2.03. The second-order valence-electron chi connectivity index (χ2n) is 4.72. The molecular weight excluding hydrogens is 224 g/mol. The van der Waals surface area contributed by atoms with E-state index < -0.39 is 0 Å². The average Bonchev–Trinajstić information content (AvgIpc) is 2.73. The summed E-state index contributed by atoms with van der Waals surface area (Å²) < 4.78 is 0. The Morgan fingerprint density at radius 2 is 2.11 bits per heavy atom. The van der Waals surface area contributed by atoms with Crippen molar-refractivity contribution in [3.63, 3.8) is 0 Å². The molecule has 0 saturated carbocycles. The van der Waals surface area contributed by atoms with Crippen LogP contribution in [0.5, 0.6) is 0 Å². The fraction of sp³-hybridized carbons (Fsp3) is 0.400. The molecule has 0 unspecified atom stereocenters. The Morgan fingerprint density at radius 1 is 1.28 bits per heavy atom. The summed E-state index contributed by atoms with van der Waals surface area (Å²) in [6.45, 7) is 4.94. The van der Waals surface area contributed by atoms with Crippen molar-refractivity contribution in [1.82, 2.24) is 10.3 Å². The maximum atomic E-state index is 11.9. The Bertz CT molecular complexity index is 542. The van der Waals surface area contributed by atoms with Gasteiger partial charge in [0.2, 0.25) is 0 Å². The minimum absolute atomic E-state index is 0.0202. The van der Waals surface area contributed by atoms with Gasteiger partial charge in [-0.1, -0.05) is 19.8 Å². The van der Waals surface area contributed by atoms with Gasteiger partial charge in [-0.2, -0.15) is 0 Å². The molecule has 1 amide bonds. The molecule has 96 valence electrons. The maximum absolute atomic E-state index is 11.9. The molecule has 2 aromatic rings. The van der Waals surface area contributed by atoms with Crippen LogP contribution in [0.3, 0.4) is 0 Å². The number of aryl methyl sites for hydroxylation is 1. The Morgan fingerprint density at radius 3 is 2.89 bits per heavy atom. The van der Waals surface area contributed by atoms with Crippen molar-refractivity contribution < 1.29 is 4.79 Å². The molecule has 0 atom stereocenters. The van der Waals surface area contributed by atoms with Crippen molar-refractivity contribution in [2.24, 2.45) is 0 Å². The van der Waals surface area contributed by atoms with Crippen molar-refractivity contribution in [3.05, 3.63) is 35.5 Å². The number of nitrogens with one attached hydrogen (secondary N) is 2. The quantitative estimate of drug-likeness (QED) is 0.778. The number of amides is 1. The third kappa shape index (κ3) is 2.92. The van der Waals surface area contributed by atoms with E-state index in [9.17, 15) is 4.79 Å². The third-order valence-electron chi connectivity index (χ3n) is 3.08. The van der Waals surface area contributed by atoms with Gasteiger partial charge in [-0.3, -0.25) is 4.79 Å². The lowest BCUT2D eigenvalue weighted by Crippen LogP contribution is -2.24. The SMILES string of the molecule is CCCCCNC(=O)c1ccc2[nH]c(C)cc2c1. The van der Waals surface area contributed by atoms with E-state index >= 15 is 0 Å². The van der Waals surface area contributed by atoms with E-state index in [0.29, 0.717) is 0 Å². The lowest BCUT2D eigenvalue weighted by Gasteiger charge is -2.04. The number of fused-ring (bicyclic) bond motifs is 1. The Kier molecular flexibility index (Phi) is 4.03. The molecule has 2 N–H and O–H groups in total. The van der Waals surface area contributed by atoms with Crippen LogP contribution in [-0.2, 0) is 0 Å². The highest BCUT2D eigenvalue weighted by Crippen LogP contribution is 2.16. The number of rotatable bonds is 5. The number of carbonyl (C=O) groups is 1. The standard InChI is InChI=1S/C15H20N2O/c1-3-4-5-8-16-15(18)12-6-7-14-13(10-12)9-11(2)17-14/h6-7,9-10,17H,3-5,8H2,1-2H3,(H,16,18). The summed E-state index contributed by atoms with van der Waals surface area (Å²) in [5.41, 5.74) is 2.93. The summed E-state index contributed by atoms with van der Waals surface area (Å²) >= 11 is 0. The van der Waals surface area contributed by atoms with E-state index in [1.165, 1.54) is 6.42 Å². The normalized spacial score (nSPS) is 10.8. The van der Waals surface area contributed by atoms with E-state index in [1.807, 2.05) is 25.1 Å². The van der Waals surface area contributed by atoms with Crippen LogP contribution >= 0.6 is 0 Å². The first-order valence-electron chi connectivity index (χ1n) is 6.58. The van der Waals surface area contributed by atoms with Gasteiger partial charge in [0.1, 0.15) is 0 Å². The molecule has 1 aromatic heterocycles. The molecule has 3 nitrogen and oxygen atoms in total. The van der Waals surface area contributed by atoms with Crippen LogP contribution in [0, 0.1) is 6.92 Å². The summed E-state index contributed by atoms with van der Waals surface area (Å²) in [5.74, 6) is 0.0202. The van der Waals surface area contributed by atoms with Crippen LogP contribution in [-0.4, -0.2) is 17.4 Å². The molecule has 0 fully saturated rings. The van der Waals surface area contributed by atoms with Gasteiger partial charge in [0.15, 0.2) is 0 Å². The number of hydrogen-bond acceptors (Lipinski definition) is 1. The molecule has 0 bridgehead atoms. The smallest absolute Gasteiger partial charge is 0.251 e. The first-order valence-corrected chi connectivity index (χ1v) is 6.58. The predicted molar refractivity (Wildman–Crippen MR) is 74.9 cm³/mol. The van der Waals surface area contributed by atoms with Crippen molar-refractivity contribution in [2.45, 2.75) is 33.1 Å². The third-order valence-corrected chi connectivity index (χ3v) is 3.08. The fourth-order valence-electron chi connectivity index (χ4n) is 2.10. The minimum Gasteiger partial charge on any atom is -0.359 e. The van der Waals surface area contributed by atoms with Gasteiger partial charge in [0, 0.05) is 28.7 Å². The molecule has 0 aliphatic carbocycles. The van der Waals surface area contributed by atoms with Gasteiger partial charge < -0.3 is 10.3 Å². The largest absolute Gasteiger partial charge is 0.359 e. The van der Waals surface area contributed by atoms with Crippen LogP contribution in [0.25, 0.3) is 10.9 Å². The first kappa shape index (κ1) is 12.7. The second kappa shape index (κ2) is 5.71. The summed E-state index contributed by atoms with van der Waals surface area (Å²) in [6, 6.07) is 7.83. The molecule has 3 heteroatoms. The predicted octanol–water partition coefficient (Wildman–Crippen LogP) is 3.40. The van der Waals surface area contributed by atoms with Gasteiger partial charge in [0.05, 0.1) is 0 Å². The lowest BCUT2D eigenvalue weighted by atomic mass is 10.1. The van der Waals surface area contributed by atoms with Crippen molar-refractivity contribution in [1.29, 1.82) is 0 Å². The summed E-state index contributed by atoms with van der Waals surface area (Å²) in [4.78, 5) is 15.2. The number of aromatic nitrogens is 1. The molecule has 2 rings (SSSR count). The zero-order valence-corrected chi connectivity index (χ0v) is 11.0. The maximum Gasteiger partial charge on any atom is 0.251 e. The van der Waals surface area contributed by atoms with Gasteiger partial charge in [-0.25, -0.2) is 0 Å². The van der Waals surface area contributed by atoms with Gasteiger partial charge in [0.25, 0.3) is 5.91 Å². The number of hydrogen-bond donors (Lipinski definition) is 2. The molecule has 18 heavy (non-hydrogen) atoms. The molecular formula is C15H20N2O. The molecule has 0 saturated heterocycles. The van der Waals surface area contributed by atoms with Gasteiger partial charge >= 0.3 is 0 Å². The highest BCUT2D eigenvalue weighted by molar-refractivity contribution is 5.98. The van der Waals surface area contributed by atoms with E-state index in [2.05, 4.69) is 23.3 Å². The van der Waals surface area contributed by atoms with Crippen LogP contribution < -0.4 is 5.32 Å². The minimum atomic E-state index is 0.0202. The molecule has 0 radical (unpaired) electrons. The number of benzene rings is 1. The summed E-state index contributed by atoms with van der Waals surface area (Å²) in [5, 5.41) is 4.05. The zero-order chi connectivity index (χ0) is 13.0. The molecule has 1 aromatic carbocycles. The highest BCUT2D eigenvalue weighted by Gasteiger charge is 2.06. The van der Waals surface area contributed by atoms with E-state index in [4.69, 9.17) is 0 Å². The van der Waals surface area contributed by atoms with Crippen molar-refractivity contribution >= 4 is 16.8 Å². The number of unbranched alkanes of at least 4 members (excludes halogenated alkanes) is 2. The van der Waals surface area contributed by atoms with E-state index in [-0.39, 0.29) is 5.91 Å². The van der Waals surface area contributed by atoms with Crippen LogP contribution in [0.15, 0.2) is 24.3 Å². The number of H-pyrrole nitrogens is 1. The monoisotopic (exact) mass is 244 g/mol. The fourth-order valence-corrected chi connectivity index (χ4v) is 2.10. The van der Waals surface area contributed by atoms with E-state index in [0.717, 1.165) is 41.5 Å². The molecule has 0 aliphatic rings. The van der Waals surface area contributed by atoms with Crippen LogP contribution in [0.2, 0.25) is 0 Å². The van der Waals surface area contributed by atoms with Gasteiger partial charge in [-0.15, -0.1) is 0 Å². The van der Waals surface area contributed by atoms with Gasteiger partial charge in [-0.05, 0) is 37.6 Å². The highest BCUT2D eigenvalue weighted by atomic mass is 16.1. The topological polar surface area (TPSA) is 44.9 Å². The first-order chi connectivity index (χ1) is 8.70. The summed E-state index contributed by atoms with van der Waals surface area (Å²) in [6.07, 6.45) is 3.38. The molecule has 0 spiro atoms. The lowest BCUT2D eigenvalue weighted by molar-refractivity contribution is 0.0953.